The molecule has 7 nitrogen and oxygen atoms in total. The van der Waals surface area contributed by atoms with Crippen LogP contribution in [0.1, 0.15) is 25.3 Å². The van der Waals surface area contributed by atoms with Crippen LogP contribution in [0.3, 0.4) is 0 Å². The summed E-state index contributed by atoms with van der Waals surface area (Å²) in [5.41, 5.74) is 2.22. The highest BCUT2D eigenvalue weighted by Gasteiger charge is 2.31. The molecule has 4 rings (SSSR count). The minimum absolute atomic E-state index is 0.0682. The quantitative estimate of drug-likeness (QED) is 0.838. The predicted octanol–water partition coefficient (Wildman–Crippen LogP) is 1.57. The van der Waals surface area contributed by atoms with Crippen molar-refractivity contribution in [3.63, 3.8) is 0 Å². The fourth-order valence-corrected chi connectivity index (χ4v) is 4.09. The van der Waals surface area contributed by atoms with Gasteiger partial charge in [-0.05, 0) is 50.6 Å². The third-order valence-electron chi connectivity index (χ3n) is 5.45. The minimum atomic E-state index is -0.521. The summed E-state index contributed by atoms with van der Waals surface area (Å²) in [5.74, 6) is -0.0682. The molecule has 2 aliphatic rings. The van der Waals surface area contributed by atoms with Crippen LogP contribution in [0.5, 0.6) is 0 Å². The number of ether oxygens (including phenoxy) is 1. The maximum atomic E-state index is 12.7. The molecule has 2 aliphatic heterocycles. The van der Waals surface area contributed by atoms with Crippen molar-refractivity contribution < 1.29 is 9.53 Å². The van der Waals surface area contributed by atoms with Crippen molar-refractivity contribution in [1.82, 2.24) is 15.6 Å². The van der Waals surface area contributed by atoms with Crippen LogP contribution in [-0.4, -0.2) is 55.3 Å². The van der Waals surface area contributed by atoms with Crippen molar-refractivity contribution in [3.05, 3.63) is 36.0 Å². The van der Waals surface area contributed by atoms with E-state index in [0.717, 1.165) is 30.5 Å². The number of carbonyl (C=O) groups excluding carboxylic acids is 1. The van der Waals surface area contributed by atoms with Gasteiger partial charge in [-0.3, -0.25) is 9.78 Å². The molecule has 0 bridgehead atoms. The van der Waals surface area contributed by atoms with Gasteiger partial charge in [-0.1, -0.05) is 0 Å². The second kappa shape index (κ2) is 8.13. The second-order valence-electron chi connectivity index (χ2n) is 7.52. The predicted molar refractivity (Wildman–Crippen MR) is 107 cm³/mol. The van der Waals surface area contributed by atoms with Crippen LogP contribution in [0, 0.1) is 11.3 Å². The highest BCUT2D eigenvalue weighted by molar-refractivity contribution is 5.95. The second-order valence-corrected chi connectivity index (χ2v) is 7.52. The van der Waals surface area contributed by atoms with Crippen molar-refractivity contribution in [2.45, 2.75) is 38.0 Å². The van der Waals surface area contributed by atoms with Gasteiger partial charge in [0.25, 0.3) is 5.91 Å². The molecule has 3 atom stereocenters. The van der Waals surface area contributed by atoms with Crippen LogP contribution in [0.15, 0.2) is 30.5 Å². The van der Waals surface area contributed by atoms with E-state index in [-0.39, 0.29) is 12.0 Å². The fraction of sp³-hybridized carbons (Fsp3) is 0.476. The molecule has 28 heavy (non-hydrogen) atoms. The van der Waals surface area contributed by atoms with E-state index in [1.54, 1.807) is 12.3 Å². The summed E-state index contributed by atoms with van der Waals surface area (Å²) >= 11 is 0. The average Bonchev–Trinajstić information content (AvgIpc) is 3.24. The number of hydrogen-bond acceptors (Lipinski definition) is 6. The van der Waals surface area contributed by atoms with Crippen LogP contribution in [0.2, 0.25) is 0 Å². The molecule has 1 aromatic heterocycles. The molecule has 0 aliphatic carbocycles. The Balaban J connectivity index is 1.53. The lowest BCUT2D eigenvalue weighted by Crippen LogP contribution is -2.54. The van der Waals surface area contributed by atoms with E-state index in [1.807, 2.05) is 25.1 Å². The van der Waals surface area contributed by atoms with Gasteiger partial charge >= 0.3 is 0 Å². The zero-order valence-corrected chi connectivity index (χ0v) is 16.0. The number of morpholine rings is 1. The Morgan fingerprint density at radius 3 is 3.11 bits per heavy atom. The van der Waals surface area contributed by atoms with Crippen LogP contribution >= 0.6 is 0 Å². The topological polar surface area (TPSA) is 90.3 Å². The molecular formula is C21H25N5O2. The number of nitrogens with zero attached hydrogens (tertiary/aromatic N) is 3. The van der Waals surface area contributed by atoms with E-state index in [1.165, 1.54) is 0 Å². The van der Waals surface area contributed by atoms with E-state index in [9.17, 15) is 10.1 Å². The van der Waals surface area contributed by atoms with Crippen molar-refractivity contribution in [1.29, 1.82) is 5.26 Å². The van der Waals surface area contributed by atoms with Crippen molar-refractivity contribution in [3.8, 4) is 6.07 Å². The van der Waals surface area contributed by atoms with Gasteiger partial charge in [0.05, 0.1) is 23.7 Å². The lowest BCUT2D eigenvalue weighted by atomic mass is 10.1. The number of rotatable bonds is 4. The molecule has 146 valence electrons. The normalized spacial score (nSPS) is 24.9. The molecule has 0 spiro atoms. The molecule has 7 heteroatoms. The number of amides is 1. The number of hydrogen-bond donors (Lipinski definition) is 2. The Labute approximate surface area is 164 Å². The average molecular weight is 379 g/mol. The molecule has 0 saturated carbocycles. The maximum absolute atomic E-state index is 12.7. The molecule has 2 N–H and O–H groups in total. The first-order chi connectivity index (χ1) is 13.7. The number of carbonyl (C=O) groups is 1. The van der Waals surface area contributed by atoms with Gasteiger partial charge < -0.3 is 20.3 Å². The fourth-order valence-electron chi connectivity index (χ4n) is 4.09. The van der Waals surface area contributed by atoms with Gasteiger partial charge in [0, 0.05) is 36.4 Å². The SMILES string of the molecule is C[C@@H]1CN(c2ccc(C#N)c3ncccc23)C[C@H](C(=O)NCC2CCCN2)O1. The molecule has 3 heterocycles. The minimum Gasteiger partial charge on any atom is -0.365 e. The maximum Gasteiger partial charge on any atom is 0.251 e. The Kier molecular flexibility index (Phi) is 5.42. The van der Waals surface area contributed by atoms with Gasteiger partial charge in [-0.25, -0.2) is 0 Å². The standard InChI is InChI=1S/C21H25N5O2/c1-14-12-26(13-19(28-14)21(27)25-11-16-4-2-8-23-16)18-7-6-15(10-22)20-17(18)5-3-9-24-20/h3,5-7,9,14,16,19,23H,2,4,8,11-13H2,1H3,(H,25,27)/t14-,16?,19-/m1/s1. The summed E-state index contributed by atoms with van der Waals surface area (Å²) in [6, 6.07) is 10.1. The van der Waals surface area contributed by atoms with Gasteiger partial charge in [-0.15, -0.1) is 0 Å². The number of fused-ring (bicyclic) bond motifs is 1. The van der Waals surface area contributed by atoms with Gasteiger partial charge in [0.2, 0.25) is 0 Å². The summed E-state index contributed by atoms with van der Waals surface area (Å²) in [4.78, 5) is 19.2. The number of nitriles is 1. The first-order valence-electron chi connectivity index (χ1n) is 9.85. The summed E-state index contributed by atoms with van der Waals surface area (Å²) in [6.45, 7) is 4.80. The highest BCUT2D eigenvalue weighted by Crippen LogP contribution is 2.30. The Morgan fingerprint density at radius 1 is 1.43 bits per heavy atom. The highest BCUT2D eigenvalue weighted by atomic mass is 16.5. The summed E-state index contributed by atoms with van der Waals surface area (Å²) in [5, 5.41) is 16.7. The zero-order valence-electron chi connectivity index (χ0n) is 16.0. The molecule has 1 aromatic carbocycles. The lowest BCUT2D eigenvalue weighted by molar-refractivity contribution is -0.137. The third kappa shape index (κ3) is 3.79. The van der Waals surface area contributed by atoms with Crippen molar-refractivity contribution in [2.75, 3.05) is 31.1 Å². The molecule has 0 radical (unpaired) electrons. The molecule has 1 unspecified atom stereocenters. The molecule has 1 amide bonds. The third-order valence-corrected chi connectivity index (χ3v) is 5.45. The van der Waals surface area contributed by atoms with E-state index >= 15 is 0 Å². The zero-order chi connectivity index (χ0) is 19.5. The van der Waals surface area contributed by atoms with E-state index in [0.29, 0.717) is 36.8 Å². The van der Waals surface area contributed by atoms with Crippen LogP contribution < -0.4 is 15.5 Å². The Hall–Kier alpha value is -2.69. The number of pyridine rings is 1. The van der Waals surface area contributed by atoms with Gasteiger partial charge in [-0.2, -0.15) is 5.26 Å². The van der Waals surface area contributed by atoms with Crippen LogP contribution in [-0.2, 0) is 9.53 Å². The smallest absolute Gasteiger partial charge is 0.251 e. The summed E-state index contributed by atoms with van der Waals surface area (Å²) in [6.07, 6.45) is 3.36. The molecule has 2 aromatic rings. The molecular weight excluding hydrogens is 354 g/mol. The van der Waals surface area contributed by atoms with E-state index in [2.05, 4.69) is 26.6 Å². The first kappa shape index (κ1) is 18.7. The Morgan fingerprint density at radius 2 is 2.32 bits per heavy atom. The largest absolute Gasteiger partial charge is 0.365 e. The van der Waals surface area contributed by atoms with Gasteiger partial charge in [0.15, 0.2) is 6.10 Å². The number of anilines is 1. The molecule has 2 fully saturated rings. The number of benzene rings is 1. The summed E-state index contributed by atoms with van der Waals surface area (Å²) < 4.78 is 5.93. The van der Waals surface area contributed by atoms with Gasteiger partial charge in [0.1, 0.15) is 6.07 Å². The van der Waals surface area contributed by atoms with Crippen molar-refractivity contribution in [2.24, 2.45) is 0 Å². The van der Waals surface area contributed by atoms with Crippen molar-refractivity contribution >= 4 is 22.5 Å². The first-order valence-corrected chi connectivity index (χ1v) is 9.85. The van der Waals surface area contributed by atoms with E-state index < -0.39 is 6.10 Å². The monoisotopic (exact) mass is 379 g/mol. The van der Waals surface area contributed by atoms with Crippen LogP contribution in [0.4, 0.5) is 5.69 Å². The number of aromatic nitrogens is 1. The van der Waals surface area contributed by atoms with Crippen LogP contribution in [0.25, 0.3) is 10.9 Å². The lowest BCUT2D eigenvalue weighted by Gasteiger charge is -2.38. The van der Waals surface area contributed by atoms with E-state index in [4.69, 9.17) is 4.74 Å². The Bertz CT molecular complexity index is 903. The summed E-state index contributed by atoms with van der Waals surface area (Å²) in [7, 11) is 0. The molecule has 2 saturated heterocycles. The number of nitrogens with one attached hydrogen (secondary N) is 2.